The molecular formula is C20H33ClFN5O2. The molecule has 2 saturated heterocycles. The lowest BCUT2D eigenvalue weighted by atomic mass is 9.44. The molecule has 0 aromatic rings. The van der Waals surface area contributed by atoms with Crippen LogP contribution < -0.4 is 21.3 Å². The first-order valence-electron chi connectivity index (χ1n) is 11.1. The third-order valence-corrected chi connectivity index (χ3v) is 7.92. The third kappa shape index (κ3) is 3.92. The lowest BCUT2D eigenvalue weighted by Crippen LogP contribution is -2.86. The van der Waals surface area contributed by atoms with Crippen molar-refractivity contribution in [1.82, 2.24) is 26.2 Å². The summed E-state index contributed by atoms with van der Waals surface area (Å²) in [6.07, 6.45) is 3.87. The number of hydrogen-bond donors (Lipinski definition) is 4. The summed E-state index contributed by atoms with van der Waals surface area (Å²) in [5, 5.41) is 13.9. The maximum Gasteiger partial charge on any atom is 0.246 e. The second-order valence-corrected chi connectivity index (χ2v) is 10.6. The Balaban J connectivity index is 1.05. The van der Waals surface area contributed by atoms with Gasteiger partial charge in [0.05, 0.1) is 23.8 Å². The molecule has 6 rings (SSSR count). The van der Waals surface area contributed by atoms with Gasteiger partial charge in [-0.2, -0.15) is 0 Å². The second kappa shape index (κ2) is 7.57. The van der Waals surface area contributed by atoms with Gasteiger partial charge in [-0.25, -0.2) is 4.39 Å². The molecule has 1 amide bonds. The van der Waals surface area contributed by atoms with Crippen molar-refractivity contribution in [1.29, 1.82) is 0 Å². The molecule has 4 N–H and O–H groups in total. The Hall–Kier alpha value is -0.510. The van der Waals surface area contributed by atoms with Crippen molar-refractivity contribution in [2.24, 2.45) is 0 Å². The summed E-state index contributed by atoms with van der Waals surface area (Å²) >= 11 is 5.91. The molecule has 2 aliphatic heterocycles. The number of halogens is 2. The molecule has 6 aliphatic rings. The third-order valence-electron chi connectivity index (χ3n) is 7.43. The molecule has 7 nitrogen and oxygen atoms in total. The van der Waals surface area contributed by atoms with Crippen LogP contribution in [0.3, 0.4) is 0 Å². The molecule has 2 bridgehead atoms. The van der Waals surface area contributed by atoms with Crippen LogP contribution in [0.5, 0.6) is 0 Å². The number of ether oxygens (including phenoxy) is 1. The van der Waals surface area contributed by atoms with E-state index in [0.717, 1.165) is 45.3 Å². The van der Waals surface area contributed by atoms with E-state index < -0.39 is 11.5 Å². The number of alkyl halides is 2. The Morgan fingerprint density at radius 2 is 2.10 bits per heavy atom. The molecule has 2 heterocycles. The Bertz CT molecular complexity index is 635. The molecule has 9 heteroatoms. The number of amides is 1. The van der Waals surface area contributed by atoms with Gasteiger partial charge in [0.1, 0.15) is 12.8 Å². The van der Waals surface area contributed by atoms with E-state index in [1.165, 1.54) is 0 Å². The fourth-order valence-electron chi connectivity index (χ4n) is 6.18. The molecule has 0 radical (unpaired) electrons. The molecule has 29 heavy (non-hydrogen) atoms. The summed E-state index contributed by atoms with van der Waals surface area (Å²) in [6, 6.07) is 0.523. The lowest BCUT2D eigenvalue weighted by molar-refractivity contribution is -0.151. The number of rotatable bonds is 6. The summed E-state index contributed by atoms with van der Waals surface area (Å²) in [5.41, 5.74) is 0.0666. The van der Waals surface area contributed by atoms with E-state index in [4.69, 9.17) is 16.3 Å². The van der Waals surface area contributed by atoms with Crippen molar-refractivity contribution in [2.75, 3.05) is 26.2 Å². The number of carbonyl (C=O) groups excluding carboxylic acids is 1. The van der Waals surface area contributed by atoms with E-state index >= 15 is 0 Å². The van der Waals surface area contributed by atoms with Crippen LogP contribution in [0.4, 0.5) is 4.39 Å². The predicted octanol–water partition coefficient (Wildman–Crippen LogP) is 0.431. The molecule has 6 atom stereocenters. The van der Waals surface area contributed by atoms with Crippen LogP contribution in [0.15, 0.2) is 0 Å². The predicted molar refractivity (Wildman–Crippen MR) is 108 cm³/mol. The fourth-order valence-corrected chi connectivity index (χ4v) is 6.41. The van der Waals surface area contributed by atoms with Gasteiger partial charge in [-0.05, 0) is 39.0 Å². The van der Waals surface area contributed by atoms with Crippen molar-refractivity contribution in [2.45, 2.75) is 92.6 Å². The minimum absolute atomic E-state index is 0.00946. The monoisotopic (exact) mass is 429 g/mol. The average Bonchev–Trinajstić information content (AvgIpc) is 3.01. The molecule has 0 aromatic carbocycles. The smallest absolute Gasteiger partial charge is 0.246 e. The molecule has 6 fully saturated rings. The van der Waals surface area contributed by atoms with Crippen LogP contribution in [0.25, 0.3) is 0 Å². The number of hydrogen-bond acceptors (Lipinski definition) is 6. The Morgan fingerprint density at radius 3 is 2.86 bits per heavy atom. The first kappa shape index (κ1) is 20.4. The summed E-state index contributed by atoms with van der Waals surface area (Å²) in [7, 11) is 0. The lowest BCUT2D eigenvalue weighted by Gasteiger charge is -2.71. The highest BCUT2D eigenvalue weighted by atomic mass is 35.5. The van der Waals surface area contributed by atoms with E-state index in [2.05, 4.69) is 33.1 Å². The van der Waals surface area contributed by atoms with Gasteiger partial charge >= 0.3 is 0 Å². The average molecular weight is 430 g/mol. The van der Waals surface area contributed by atoms with Gasteiger partial charge in [-0.15, -0.1) is 11.6 Å². The largest absolute Gasteiger partial charge is 0.368 e. The maximum atomic E-state index is 13.7. The number of fused-ring (bicyclic) bond motifs is 1. The number of piperazine rings is 1. The van der Waals surface area contributed by atoms with E-state index in [1.807, 2.05) is 0 Å². The first-order valence-corrected chi connectivity index (χ1v) is 11.5. The van der Waals surface area contributed by atoms with Crippen molar-refractivity contribution >= 4 is 17.5 Å². The number of carbonyl (C=O) groups is 1. The fraction of sp³-hybridized carbons (Fsp3) is 0.950. The Morgan fingerprint density at radius 1 is 1.31 bits per heavy atom. The molecule has 0 spiro atoms. The highest BCUT2D eigenvalue weighted by Gasteiger charge is 2.69. The summed E-state index contributed by atoms with van der Waals surface area (Å²) in [4.78, 5) is 14.9. The van der Waals surface area contributed by atoms with Gasteiger partial charge in [0.15, 0.2) is 0 Å². The van der Waals surface area contributed by atoms with Gasteiger partial charge in [0.25, 0.3) is 0 Å². The Labute approximate surface area is 176 Å². The van der Waals surface area contributed by atoms with E-state index in [0.29, 0.717) is 25.0 Å². The quantitative estimate of drug-likeness (QED) is 0.459. The zero-order chi connectivity index (χ0) is 20.2. The zero-order valence-electron chi connectivity index (χ0n) is 17.1. The van der Waals surface area contributed by atoms with Crippen molar-refractivity contribution in [3.8, 4) is 0 Å². The summed E-state index contributed by atoms with van der Waals surface area (Å²) < 4.78 is 19.3. The molecule has 164 valence electrons. The van der Waals surface area contributed by atoms with Crippen molar-refractivity contribution < 1.29 is 13.9 Å². The Kier molecular flexibility index (Phi) is 5.32. The molecule has 4 aliphatic carbocycles. The van der Waals surface area contributed by atoms with Crippen LogP contribution in [0.2, 0.25) is 0 Å². The SMILES string of the molecule is CC1CN2CCNC(NC34CC(NC(=O)COC5CCC(Cl)C(F)C5)(C3)C4)C2N1. The van der Waals surface area contributed by atoms with Crippen LogP contribution in [-0.4, -0.2) is 84.2 Å². The molecule has 0 aromatic heterocycles. The minimum atomic E-state index is -1.04. The van der Waals surface area contributed by atoms with Crippen LogP contribution in [-0.2, 0) is 9.53 Å². The standard InChI is InChI=1S/C20H33ClFN5O2/c1-12-7-27-5-4-23-17(18(27)24-12)26-20-9-19(10-20,11-20)25-16(28)8-29-13-2-3-14(21)15(22)6-13/h12-15,17-18,23-24,26H,2-11H2,1H3,(H,25,28). The van der Waals surface area contributed by atoms with Crippen molar-refractivity contribution in [3.05, 3.63) is 0 Å². The number of nitrogens with zero attached hydrogens (tertiary/aromatic N) is 1. The zero-order valence-corrected chi connectivity index (χ0v) is 17.8. The minimum Gasteiger partial charge on any atom is -0.368 e. The normalized spacial score (nSPS) is 49.1. The van der Waals surface area contributed by atoms with Gasteiger partial charge in [-0.1, -0.05) is 0 Å². The maximum absolute atomic E-state index is 13.7. The van der Waals surface area contributed by atoms with Gasteiger partial charge < -0.3 is 10.1 Å². The van der Waals surface area contributed by atoms with Crippen LogP contribution in [0, 0.1) is 0 Å². The topological polar surface area (TPSA) is 77.7 Å². The van der Waals surface area contributed by atoms with Crippen LogP contribution in [0.1, 0.15) is 45.4 Å². The molecule has 6 unspecified atom stereocenters. The van der Waals surface area contributed by atoms with Crippen molar-refractivity contribution in [3.63, 3.8) is 0 Å². The van der Waals surface area contributed by atoms with E-state index in [-0.39, 0.29) is 35.9 Å². The van der Waals surface area contributed by atoms with Crippen LogP contribution >= 0.6 is 11.6 Å². The first-order chi connectivity index (χ1) is 13.9. The van der Waals surface area contributed by atoms with Gasteiger partial charge in [0.2, 0.25) is 5.91 Å². The molecule has 4 saturated carbocycles. The highest BCUT2D eigenvalue weighted by Crippen LogP contribution is 2.60. The number of nitrogens with one attached hydrogen (secondary N) is 4. The van der Waals surface area contributed by atoms with Gasteiger partial charge in [-0.3, -0.25) is 25.6 Å². The highest BCUT2D eigenvalue weighted by molar-refractivity contribution is 6.21. The molecular weight excluding hydrogens is 397 g/mol. The summed E-state index contributed by atoms with van der Waals surface area (Å²) in [6.45, 7) is 5.44. The van der Waals surface area contributed by atoms with E-state index in [9.17, 15) is 9.18 Å². The van der Waals surface area contributed by atoms with E-state index in [1.54, 1.807) is 0 Å². The second-order valence-electron chi connectivity index (χ2n) is 10.0. The summed E-state index contributed by atoms with van der Waals surface area (Å²) in [5.74, 6) is -0.0880. The van der Waals surface area contributed by atoms with Gasteiger partial charge in [0, 0.05) is 43.2 Å².